The van der Waals surface area contributed by atoms with Crippen LogP contribution in [-0.2, 0) is 0 Å². The van der Waals surface area contributed by atoms with E-state index >= 15 is 0 Å². The number of hydrogen-bond acceptors (Lipinski definition) is 2. The van der Waals surface area contributed by atoms with Gasteiger partial charge in [0, 0.05) is 12.1 Å². The molecule has 82 valence electrons. The Balaban J connectivity index is 1.89. The third-order valence-corrected chi connectivity index (χ3v) is 4.47. The Hall–Kier alpha value is -0.0800. The van der Waals surface area contributed by atoms with Crippen molar-refractivity contribution in [3.05, 3.63) is 0 Å². The molecule has 0 aromatic heterocycles. The summed E-state index contributed by atoms with van der Waals surface area (Å²) in [5.41, 5.74) is 5.93. The van der Waals surface area contributed by atoms with Gasteiger partial charge in [-0.05, 0) is 50.6 Å². The molecule has 2 fully saturated rings. The Morgan fingerprint density at radius 2 is 1.64 bits per heavy atom. The number of nitrogens with zero attached hydrogens (tertiary/aromatic N) is 1. The molecule has 0 aromatic carbocycles. The van der Waals surface area contributed by atoms with Crippen LogP contribution in [0.5, 0.6) is 0 Å². The minimum atomic E-state index is 0.473. The van der Waals surface area contributed by atoms with Crippen LogP contribution < -0.4 is 5.73 Å². The molecule has 1 aliphatic carbocycles. The molecule has 1 saturated carbocycles. The summed E-state index contributed by atoms with van der Waals surface area (Å²) in [6.45, 7) is 7.31. The average molecular weight is 196 g/mol. The van der Waals surface area contributed by atoms with Crippen molar-refractivity contribution in [1.29, 1.82) is 0 Å². The van der Waals surface area contributed by atoms with E-state index < -0.39 is 0 Å². The van der Waals surface area contributed by atoms with Gasteiger partial charge in [-0.25, -0.2) is 0 Å². The van der Waals surface area contributed by atoms with Crippen LogP contribution in [-0.4, -0.2) is 30.1 Å². The molecule has 3 atom stereocenters. The van der Waals surface area contributed by atoms with E-state index in [0.29, 0.717) is 6.04 Å². The van der Waals surface area contributed by atoms with E-state index in [9.17, 15) is 0 Å². The molecule has 2 rings (SSSR count). The number of likely N-dealkylation sites (tertiary alicyclic amines) is 1. The molecule has 1 saturated heterocycles. The largest absolute Gasteiger partial charge is 0.328 e. The number of nitrogens with two attached hydrogens (primary N) is 1. The monoisotopic (exact) mass is 196 g/mol. The maximum Gasteiger partial charge on any atom is 0.0123 e. The first-order valence-electron chi connectivity index (χ1n) is 6.18. The van der Waals surface area contributed by atoms with E-state index in [-0.39, 0.29) is 0 Å². The van der Waals surface area contributed by atoms with Gasteiger partial charge in [0.25, 0.3) is 0 Å². The topological polar surface area (TPSA) is 29.3 Å². The predicted octanol–water partition coefficient (Wildman–Crippen LogP) is 1.84. The van der Waals surface area contributed by atoms with Crippen molar-refractivity contribution in [3.63, 3.8) is 0 Å². The molecule has 14 heavy (non-hydrogen) atoms. The normalized spacial score (nSPS) is 41.8. The van der Waals surface area contributed by atoms with Crippen molar-refractivity contribution in [1.82, 2.24) is 4.90 Å². The number of piperidine rings is 1. The lowest BCUT2D eigenvalue weighted by Gasteiger charge is -2.37. The SMILES string of the molecule is CC1CCC(N2CCC(N)CC2)C1C. The second-order valence-electron chi connectivity index (χ2n) is 5.35. The minimum Gasteiger partial charge on any atom is -0.328 e. The van der Waals surface area contributed by atoms with Gasteiger partial charge in [-0.15, -0.1) is 0 Å². The fourth-order valence-electron chi connectivity index (χ4n) is 3.10. The van der Waals surface area contributed by atoms with E-state index in [2.05, 4.69) is 18.7 Å². The molecule has 0 amide bonds. The van der Waals surface area contributed by atoms with Gasteiger partial charge in [-0.2, -0.15) is 0 Å². The summed E-state index contributed by atoms with van der Waals surface area (Å²) in [4.78, 5) is 2.69. The number of hydrogen-bond donors (Lipinski definition) is 1. The average Bonchev–Trinajstić information content (AvgIpc) is 2.50. The Morgan fingerprint density at radius 1 is 1.00 bits per heavy atom. The van der Waals surface area contributed by atoms with Gasteiger partial charge in [-0.3, -0.25) is 4.90 Å². The van der Waals surface area contributed by atoms with Gasteiger partial charge in [0.1, 0.15) is 0 Å². The van der Waals surface area contributed by atoms with Gasteiger partial charge in [-0.1, -0.05) is 13.8 Å². The minimum absolute atomic E-state index is 0.473. The van der Waals surface area contributed by atoms with Crippen molar-refractivity contribution in [2.45, 2.75) is 51.6 Å². The van der Waals surface area contributed by atoms with Crippen LogP contribution in [0.3, 0.4) is 0 Å². The van der Waals surface area contributed by atoms with Crippen molar-refractivity contribution in [2.24, 2.45) is 17.6 Å². The highest BCUT2D eigenvalue weighted by atomic mass is 15.2. The zero-order chi connectivity index (χ0) is 10.1. The van der Waals surface area contributed by atoms with Crippen LogP contribution in [0.1, 0.15) is 39.5 Å². The van der Waals surface area contributed by atoms with Gasteiger partial charge >= 0.3 is 0 Å². The predicted molar refractivity (Wildman–Crippen MR) is 60.1 cm³/mol. The van der Waals surface area contributed by atoms with Gasteiger partial charge in [0.15, 0.2) is 0 Å². The summed E-state index contributed by atoms with van der Waals surface area (Å²) in [7, 11) is 0. The maximum atomic E-state index is 5.93. The van der Waals surface area contributed by atoms with Gasteiger partial charge < -0.3 is 5.73 Å². The summed E-state index contributed by atoms with van der Waals surface area (Å²) in [6.07, 6.45) is 5.25. The van der Waals surface area contributed by atoms with Crippen LogP contribution in [0.2, 0.25) is 0 Å². The zero-order valence-electron chi connectivity index (χ0n) is 9.58. The summed E-state index contributed by atoms with van der Waals surface area (Å²) in [5.74, 6) is 1.82. The van der Waals surface area contributed by atoms with Crippen LogP contribution in [0.25, 0.3) is 0 Å². The molecular weight excluding hydrogens is 172 g/mol. The Morgan fingerprint density at radius 3 is 2.14 bits per heavy atom. The van der Waals surface area contributed by atoms with Crippen molar-refractivity contribution >= 4 is 0 Å². The van der Waals surface area contributed by atoms with Crippen molar-refractivity contribution in [3.8, 4) is 0 Å². The van der Waals surface area contributed by atoms with Crippen LogP contribution in [0.4, 0.5) is 0 Å². The van der Waals surface area contributed by atoms with E-state index in [1.54, 1.807) is 0 Å². The van der Waals surface area contributed by atoms with E-state index in [1.165, 1.54) is 38.8 Å². The Bertz CT molecular complexity index is 185. The molecule has 2 N–H and O–H groups in total. The second-order valence-corrected chi connectivity index (χ2v) is 5.35. The summed E-state index contributed by atoms with van der Waals surface area (Å²) < 4.78 is 0. The first-order valence-corrected chi connectivity index (χ1v) is 6.18. The molecule has 1 aliphatic heterocycles. The summed E-state index contributed by atoms with van der Waals surface area (Å²) in [6, 6.07) is 1.33. The van der Waals surface area contributed by atoms with Gasteiger partial charge in [0.2, 0.25) is 0 Å². The maximum absolute atomic E-state index is 5.93. The molecular formula is C12H24N2. The highest BCUT2D eigenvalue weighted by molar-refractivity contribution is 4.89. The first kappa shape index (κ1) is 10.4. The highest BCUT2D eigenvalue weighted by Gasteiger charge is 2.34. The molecule has 3 unspecified atom stereocenters. The molecule has 1 heterocycles. The summed E-state index contributed by atoms with van der Waals surface area (Å²) in [5, 5.41) is 0. The molecule has 0 aromatic rings. The van der Waals surface area contributed by atoms with Crippen molar-refractivity contribution < 1.29 is 0 Å². The first-order chi connectivity index (χ1) is 6.68. The van der Waals surface area contributed by atoms with Crippen LogP contribution >= 0.6 is 0 Å². The smallest absolute Gasteiger partial charge is 0.0123 e. The molecule has 2 heteroatoms. The second kappa shape index (κ2) is 4.19. The quantitative estimate of drug-likeness (QED) is 0.693. The zero-order valence-corrected chi connectivity index (χ0v) is 9.58. The fourth-order valence-corrected chi connectivity index (χ4v) is 3.10. The molecule has 0 spiro atoms. The lowest BCUT2D eigenvalue weighted by molar-refractivity contribution is 0.123. The van der Waals surface area contributed by atoms with Crippen LogP contribution in [0.15, 0.2) is 0 Å². The summed E-state index contributed by atoms with van der Waals surface area (Å²) >= 11 is 0. The molecule has 2 nitrogen and oxygen atoms in total. The van der Waals surface area contributed by atoms with Gasteiger partial charge in [0.05, 0.1) is 0 Å². The highest BCUT2D eigenvalue weighted by Crippen LogP contribution is 2.35. The van der Waals surface area contributed by atoms with Crippen molar-refractivity contribution in [2.75, 3.05) is 13.1 Å². The third-order valence-electron chi connectivity index (χ3n) is 4.47. The van der Waals surface area contributed by atoms with E-state index in [4.69, 9.17) is 5.73 Å². The Kier molecular flexibility index (Phi) is 3.13. The lowest BCUT2D eigenvalue weighted by atomic mass is 9.95. The van der Waals surface area contributed by atoms with E-state index in [0.717, 1.165) is 17.9 Å². The lowest BCUT2D eigenvalue weighted by Crippen LogP contribution is -2.46. The molecule has 2 aliphatic rings. The Labute approximate surface area is 87.8 Å². The van der Waals surface area contributed by atoms with E-state index in [1.807, 2.05) is 0 Å². The molecule has 0 bridgehead atoms. The third kappa shape index (κ3) is 1.96. The standard InChI is InChI=1S/C12H24N2/c1-9-3-4-12(10(9)2)14-7-5-11(13)6-8-14/h9-12H,3-8,13H2,1-2H3. The number of rotatable bonds is 1. The fraction of sp³-hybridized carbons (Fsp3) is 1.00. The molecule has 0 radical (unpaired) electrons. The van der Waals surface area contributed by atoms with Crippen LogP contribution in [0, 0.1) is 11.8 Å².